The lowest BCUT2D eigenvalue weighted by Gasteiger charge is -2.07. The Labute approximate surface area is 106 Å². The molecule has 0 amide bonds. The Morgan fingerprint density at radius 1 is 1.53 bits per heavy atom. The fourth-order valence-corrected chi connectivity index (χ4v) is 2.26. The minimum Gasteiger partial charge on any atom is -0.365 e. The van der Waals surface area contributed by atoms with Crippen molar-refractivity contribution >= 4 is 17.6 Å². The quantitative estimate of drug-likeness (QED) is 0.756. The molecule has 1 N–H and O–H groups in total. The Kier molecular flexibility index (Phi) is 4.48. The summed E-state index contributed by atoms with van der Waals surface area (Å²) in [4.78, 5) is 16.1. The molecule has 1 fully saturated rings. The fourth-order valence-electron chi connectivity index (χ4n) is 1.76. The molecule has 0 aliphatic heterocycles. The van der Waals surface area contributed by atoms with Gasteiger partial charge in [-0.3, -0.25) is 4.79 Å². The summed E-state index contributed by atoms with van der Waals surface area (Å²) in [6.07, 6.45) is 10.1. The van der Waals surface area contributed by atoms with E-state index in [2.05, 4.69) is 16.6 Å². The Hall–Kier alpha value is -0.970. The number of nitrogens with one attached hydrogen (secondary N) is 1. The Morgan fingerprint density at radius 2 is 2.35 bits per heavy atom. The number of nitrogens with zero attached hydrogens (tertiary/aromatic N) is 2. The van der Waals surface area contributed by atoms with E-state index in [-0.39, 0.29) is 5.56 Å². The molecule has 1 aliphatic carbocycles. The van der Waals surface area contributed by atoms with Crippen molar-refractivity contribution in [3.8, 4) is 0 Å². The molecule has 1 saturated carbocycles. The molecule has 0 unspecified atom stereocenters. The average molecular weight is 253 g/mol. The lowest BCUT2D eigenvalue weighted by atomic mass is 10.3. The maximum atomic E-state index is 12.0. The molecule has 0 atom stereocenters. The molecule has 1 aromatic heterocycles. The van der Waals surface area contributed by atoms with Gasteiger partial charge in [0.1, 0.15) is 0 Å². The third-order valence-corrected chi connectivity index (χ3v) is 3.57. The topological polar surface area (TPSA) is 46.9 Å². The van der Waals surface area contributed by atoms with Gasteiger partial charge < -0.3 is 9.88 Å². The van der Waals surface area contributed by atoms with Crippen molar-refractivity contribution in [2.24, 2.45) is 0 Å². The largest absolute Gasteiger partial charge is 0.365 e. The van der Waals surface area contributed by atoms with Crippen molar-refractivity contribution in [1.82, 2.24) is 9.55 Å². The van der Waals surface area contributed by atoms with Crippen LogP contribution in [0.3, 0.4) is 0 Å². The number of unbranched alkanes of at least 4 members (excludes halogenated alkanes) is 1. The highest BCUT2D eigenvalue weighted by Crippen LogP contribution is 2.33. The number of hydrogen-bond acceptors (Lipinski definition) is 4. The van der Waals surface area contributed by atoms with Crippen LogP contribution < -0.4 is 10.9 Å². The van der Waals surface area contributed by atoms with Crippen molar-refractivity contribution in [3.63, 3.8) is 0 Å². The van der Waals surface area contributed by atoms with Crippen LogP contribution in [0.1, 0.15) is 31.7 Å². The van der Waals surface area contributed by atoms with Gasteiger partial charge >= 0.3 is 0 Å². The number of hydrogen-bond donors (Lipinski definition) is 1. The van der Waals surface area contributed by atoms with Gasteiger partial charge in [0.15, 0.2) is 5.82 Å². The van der Waals surface area contributed by atoms with E-state index in [0.717, 1.165) is 25.8 Å². The second-order valence-corrected chi connectivity index (χ2v) is 5.33. The van der Waals surface area contributed by atoms with Gasteiger partial charge in [-0.05, 0) is 37.7 Å². The van der Waals surface area contributed by atoms with Crippen molar-refractivity contribution in [2.75, 3.05) is 23.9 Å². The van der Waals surface area contributed by atoms with Crippen LogP contribution in [-0.2, 0) is 0 Å². The lowest BCUT2D eigenvalue weighted by Crippen LogP contribution is -2.24. The first kappa shape index (κ1) is 12.5. The zero-order valence-electron chi connectivity index (χ0n) is 10.2. The first-order chi connectivity index (χ1) is 8.33. The van der Waals surface area contributed by atoms with Gasteiger partial charge in [-0.2, -0.15) is 11.8 Å². The number of anilines is 1. The molecular weight excluding hydrogens is 234 g/mol. The van der Waals surface area contributed by atoms with E-state index in [4.69, 9.17) is 0 Å². The van der Waals surface area contributed by atoms with Crippen molar-refractivity contribution in [3.05, 3.63) is 22.7 Å². The van der Waals surface area contributed by atoms with Gasteiger partial charge in [-0.15, -0.1) is 0 Å². The summed E-state index contributed by atoms with van der Waals surface area (Å²) >= 11 is 1.86. The summed E-state index contributed by atoms with van der Waals surface area (Å²) in [5, 5.41) is 3.14. The highest BCUT2D eigenvalue weighted by molar-refractivity contribution is 7.98. The average Bonchev–Trinajstić information content (AvgIpc) is 3.15. The van der Waals surface area contributed by atoms with Crippen LogP contribution in [-0.4, -0.2) is 28.1 Å². The Balaban J connectivity index is 1.87. The summed E-state index contributed by atoms with van der Waals surface area (Å²) in [5.74, 6) is 1.68. The van der Waals surface area contributed by atoms with Crippen LogP contribution in [0, 0.1) is 0 Å². The van der Waals surface area contributed by atoms with Crippen LogP contribution in [0.25, 0.3) is 0 Å². The molecule has 1 heterocycles. The standard InChI is InChI=1S/C12H19N3OS/c1-17-9-3-2-6-13-11-12(16)15(8-7-14-11)10-4-5-10/h7-8,10H,2-6,9H2,1H3,(H,13,14). The van der Waals surface area contributed by atoms with Crippen LogP contribution in [0.15, 0.2) is 17.2 Å². The first-order valence-electron chi connectivity index (χ1n) is 6.13. The summed E-state index contributed by atoms with van der Waals surface area (Å²) in [6.45, 7) is 0.831. The summed E-state index contributed by atoms with van der Waals surface area (Å²) in [5.41, 5.74) is 0.0277. The molecule has 17 heavy (non-hydrogen) atoms. The lowest BCUT2D eigenvalue weighted by molar-refractivity contribution is 0.698. The Bertz CT molecular complexity index is 414. The minimum atomic E-state index is 0.0277. The van der Waals surface area contributed by atoms with E-state index in [1.165, 1.54) is 12.2 Å². The van der Waals surface area contributed by atoms with Gasteiger partial charge in [-0.1, -0.05) is 0 Å². The fraction of sp³-hybridized carbons (Fsp3) is 0.667. The van der Waals surface area contributed by atoms with Crippen LogP contribution in [0.2, 0.25) is 0 Å². The van der Waals surface area contributed by atoms with Gasteiger partial charge in [0.25, 0.3) is 5.56 Å². The van der Waals surface area contributed by atoms with E-state index in [9.17, 15) is 4.79 Å². The van der Waals surface area contributed by atoms with Gasteiger partial charge in [-0.25, -0.2) is 4.98 Å². The number of thioether (sulfide) groups is 1. The van der Waals surface area contributed by atoms with Crippen LogP contribution in [0.4, 0.5) is 5.82 Å². The molecule has 0 saturated heterocycles. The third kappa shape index (κ3) is 3.49. The third-order valence-electron chi connectivity index (χ3n) is 2.88. The monoisotopic (exact) mass is 253 g/mol. The zero-order chi connectivity index (χ0) is 12.1. The molecule has 1 aromatic rings. The number of aromatic nitrogens is 2. The molecule has 5 heteroatoms. The highest BCUT2D eigenvalue weighted by atomic mass is 32.2. The first-order valence-corrected chi connectivity index (χ1v) is 7.52. The smallest absolute Gasteiger partial charge is 0.293 e. The molecular formula is C12H19N3OS. The van der Waals surface area contributed by atoms with Gasteiger partial charge in [0.05, 0.1) is 0 Å². The molecule has 2 rings (SSSR count). The Morgan fingerprint density at radius 3 is 3.06 bits per heavy atom. The maximum Gasteiger partial charge on any atom is 0.293 e. The van der Waals surface area contributed by atoms with Crippen LogP contribution in [0.5, 0.6) is 0 Å². The second-order valence-electron chi connectivity index (χ2n) is 4.35. The molecule has 94 valence electrons. The predicted molar refractivity (Wildman–Crippen MR) is 72.9 cm³/mol. The van der Waals surface area contributed by atoms with E-state index in [0.29, 0.717) is 11.9 Å². The van der Waals surface area contributed by atoms with Crippen LogP contribution >= 0.6 is 11.8 Å². The zero-order valence-corrected chi connectivity index (χ0v) is 11.0. The van der Waals surface area contributed by atoms with Crippen molar-refractivity contribution < 1.29 is 0 Å². The highest BCUT2D eigenvalue weighted by Gasteiger charge is 2.25. The summed E-state index contributed by atoms with van der Waals surface area (Å²) in [7, 11) is 0. The predicted octanol–water partition coefficient (Wildman–Crippen LogP) is 2.13. The van der Waals surface area contributed by atoms with E-state index in [1.807, 2.05) is 11.8 Å². The SMILES string of the molecule is CSCCCCNc1nccn(C2CC2)c1=O. The second kappa shape index (κ2) is 6.10. The molecule has 0 bridgehead atoms. The van der Waals surface area contributed by atoms with E-state index in [1.54, 1.807) is 17.0 Å². The molecule has 1 aliphatic rings. The molecule has 0 aromatic carbocycles. The maximum absolute atomic E-state index is 12.0. The molecule has 0 spiro atoms. The van der Waals surface area contributed by atoms with E-state index < -0.39 is 0 Å². The summed E-state index contributed by atoms with van der Waals surface area (Å²) < 4.78 is 1.80. The summed E-state index contributed by atoms with van der Waals surface area (Å²) in [6, 6.07) is 0.419. The number of rotatable bonds is 7. The van der Waals surface area contributed by atoms with E-state index >= 15 is 0 Å². The van der Waals surface area contributed by atoms with Crippen molar-refractivity contribution in [2.45, 2.75) is 31.7 Å². The minimum absolute atomic E-state index is 0.0277. The molecule has 0 radical (unpaired) electrons. The van der Waals surface area contributed by atoms with Gasteiger partial charge in [0, 0.05) is 25.0 Å². The normalized spacial score (nSPS) is 14.9. The van der Waals surface area contributed by atoms with Gasteiger partial charge in [0.2, 0.25) is 0 Å². The molecule has 4 nitrogen and oxygen atoms in total. The van der Waals surface area contributed by atoms with Crippen molar-refractivity contribution in [1.29, 1.82) is 0 Å².